The molecule has 0 fully saturated rings. The molecule has 0 bridgehead atoms. The van der Waals surface area contributed by atoms with Crippen LogP contribution in [-0.4, -0.2) is 51.7 Å². The van der Waals surface area contributed by atoms with Crippen LogP contribution in [0.5, 0.6) is 0 Å². The predicted octanol–water partition coefficient (Wildman–Crippen LogP) is 3.97. The first-order chi connectivity index (χ1) is 17.3. The van der Waals surface area contributed by atoms with Gasteiger partial charge in [-0.3, -0.25) is 14.7 Å². The zero-order valence-corrected chi connectivity index (χ0v) is 21.3. The van der Waals surface area contributed by atoms with Crippen molar-refractivity contribution in [1.82, 2.24) is 25.8 Å². The number of nitrogens with one attached hydrogen (secondary N) is 3. The van der Waals surface area contributed by atoms with Crippen LogP contribution in [-0.2, 0) is 9.53 Å². The fraction of sp³-hybridized carbons (Fsp3) is 0.423. The first-order valence-corrected chi connectivity index (χ1v) is 12.2. The lowest BCUT2D eigenvalue weighted by atomic mass is 10.0. The van der Waals surface area contributed by atoms with E-state index in [-0.39, 0.29) is 35.9 Å². The summed E-state index contributed by atoms with van der Waals surface area (Å²) in [5, 5.41) is 12.6. The number of nitrogens with zero attached hydrogens (tertiary/aromatic N) is 2. The van der Waals surface area contributed by atoms with Crippen molar-refractivity contribution in [3.8, 4) is 22.7 Å². The molecule has 10 nitrogen and oxygen atoms in total. The molecule has 3 aromatic rings. The average molecular weight is 496 g/mol. The molecule has 0 aliphatic carbocycles. The number of aromatic nitrogens is 3. The van der Waals surface area contributed by atoms with Gasteiger partial charge in [-0.25, -0.2) is 9.78 Å². The van der Waals surface area contributed by atoms with Gasteiger partial charge < -0.3 is 19.8 Å². The third-order valence-corrected chi connectivity index (χ3v) is 5.78. The molecule has 192 valence electrons. The van der Waals surface area contributed by atoms with Crippen molar-refractivity contribution in [2.24, 2.45) is 5.92 Å². The highest BCUT2D eigenvalue weighted by atomic mass is 16.5. The summed E-state index contributed by atoms with van der Waals surface area (Å²) in [6, 6.07) is 8.19. The normalized spacial score (nSPS) is 12.0. The largest absolute Gasteiger partial charge is 0.464 e. The Labute approximate surface area is 210 Å². The lowest BCUT2D eigenvalue weighted by Crippen LogP contribution is -2.45. The Balaban J connectivity index is 1.75. The molecular weight excluding hydrogens is 462 g/mol. The minimum Gasteiger partial charge on any atom is -0.464 e. The van der Waals surface area contributed by atoms with Crippen LogP contribution in [0.4, 0.5) is 0 Å². The maximum atomic E-state index is 12.7. The van der Waals surface area contributed by atoms with Gasteiger partial charge in [0.25, 0.3) is 11.8 Å². The number of rotatable bonds is 11. The summed E-state index contributed by atoms with van der Waals surface area (Å²) in [7, 11) is 0. The van der Waals surface area contributed by atoms with Gasteiger partial charge in [-0.2, -0.15) is 5.10 Å². The third-order valence-electron chi connectivity index (χ3n) is 5.78. The van der Waals surface area contributed by atoms with Crippen LogP contribution in [0.1, 0.15) is 68.5 Å². The number of carbonyl (C=O) groups is 3. The van der Waals surface area contributed by atoms with E-state index in [9.17, 15) is 14.4 Å². The van der Waals surface area contributed by atoms with Gasteiger partial charge in [0.15, 0.2) is 5.69 Å². The van der Waals surface area contributed by atoms with E-state index in [0.717, 1.165) is 18.4 Å². The number of carbonyl (C=O) groups excluding carboxylic acids is 3. The molecule has 3 rings (SSSR count). The number of aromatic amines is 1. The van der Waals surface area contributed by atoms with E-state index in [0.29, 0.717) is 17.1 Å². The summed E-state index contributed by atoms with van der Waals surface area (Å²) < 4.78 is 10.8. The molecule has 36 heavy (non-hydrogen) atoms. The van der Waals surface area contributed by atoms with Crippen LogP contribution < -0.4 is 10.6 Å². The Morgan fingerprint density at radius 2 is 1.75 bits per heavy atom. The molecule has 10 heteroatoms. The number of benzene rings is 1. The van der Waals surface area contributed by atoms with Crippen molar-refractivity contribution < 1.29 is 23.5 Å². The topological polar surface area (TPSA) is 139 Å². The minimum absolute atomic E-state index is 0.0780. The standard InChI is InChI=1S/C26H33N5O5/c1-6-18(7-2)28-24(33)21-14-27-25(36-21)17-11-9-10-16(12-17)19-13-20(31-30-19)23(32)29-22(15(4)5)26(34)35-8-3/h9-15,18,22H,6-8H2,1-5H3,(H,28,33)(H,29,32)(H,30,31)/t22-/m0/s1. The van der Waals surface area contributed by atoms with Crippen LogP contribution in [0, 0.1) is 5.92 Å². The highest BCUT2D eigenvalue weighted by Gasteiger charge is 2.27. The summed E-state index contributed by atoms with van der Waals surface area (Å²) in [4.78, 5) is 41.6. The van der Waals surface area contributed by atoms with E-state index < -0.39 is 17.9 Å². The minimum atomic E-state index is -0.776. The van der Waals surface area contributed by atoms with Gasteiger partial charge in [-0.1, -0.05) is 39.8 Å². The predicted molar refractivity (Wildman–Crippen MR) is 134 cm³/mol. The van der Waals surface area contributed by atoms with Gasteiger partial charge in [-0.15, -0.1) is 0 Å². The number of ether oxygens (including phenoxy) is 1. The molecule has 2 heterocycles. The van der Waals surface area contributed by atoms with Crippen molar-refractivity contribution in [1.29, 1.82) is 0 Å². The molecule has 0 unspecified atom stereocenters. The first-order valence-electron chi connectivity index (χ1n) is 12.2. The smallest absolute Gasteiger partial charge is 0.328 e. The van der Waals surface area contributed by atoms with E-state index in [2.05, 4.69) is 25.8 Å². The highest BCUT2D eigenvalue weighted by Crippen LogP contribution is 2.26. The number of H-pyrrole nitrogens is 1. The summed E-state index contributed by atoms with van der Waals surface area (Å²) in [6.07, 6.45) is 3.07. The first kappa shape index (κ1) is 26.7. The highest BCUT2D eigenvalue weighted by molar-refractivity contribution is 5.96. The quantitative estimate of drug-likeness (QED) is 0.342. The zero-order valence-electron chi connectivity index (χ0n) is 21.3. The monoisotopic (exact) mass is 495 g/mol. The Morgan fingerprint density at radius 3 is 2.42 bits per heavy atom. The summed E-state index contributed by atoms with van der Waals surface area (Å²) >= 11 is 0. The Morgan fingerprint density at radius 1 is 1.03 bits per heavy atom. The molecule has 0 saturated carbocycles. The molecule has 1 aromatic carbocycles. The fourth-order valence-electron chi connectivity index (χ4n) is 3.61. The van der Waals surface area contributed by atoms with Gasteiger partial charge in [0, 0.05) is 17.2 Å². The lowest BCUT2D eigenvalue weighted by Gasteiger charge is -2.19. The Hall–Kier alpha value is -3.95. The molecule has 2 aromatic heterocycles. The second-order valence-electron chi connectivity index (χ2n) is 8.71. The van der Waals surface area contributed by atoms with Crippen LogP contribution in [0.15, 0.2) is 40.9 Å². The molecule has 0 aliphatic heterocycles. The van der Waals surface area contributed by atoms with Crippen LogP contribution in [0.2, 0.25) is 0 Å². The van der Waals surface area contributed by atoms with E-state index in [1.165, 1.54) is 6.20 Å². The molecule has 0 spiro atoms. The van der Waals surface area contributed by atoms with E-state index in [1.54, 1.807) is 13.0 Å². The average Bonchev–Trinajstić information content (AvgIpc) is 3.56. The van der Waals surface area contributed by atoms with E-state index in [4.69, 9.17) is 9.15 Å². The SMILES string of the molecule is CCOC(=O)[C@@H](NC(=O)c1cc(-c2cccc(-c3ncc(C(=O)NC(CC)CC)o3)c2)[nH]n1)C(C)C. The molecule has 3 N–H and O–H groups in total. The molecule has 1 atom stereocenters. The van der Waals surface area contributed by atoms with Gasteiger partial charge in [0.05, 0.1) is 18.5 Å². The lowest BCUT2D eigenvalue weighted by molar-refractivity contribution is -0.146. The summed E-state index contributed by atoms with van der Waals surface area (Å²) in [5.74, 6) is -0.970. The van der Waals surface area contributed by atoms with Crippen molar-refractivity contribution in [3.05, 3.63) is 48.0 Å². The number of amides is 2. The number of hydrogen-bond acceptors (Lipinski definition) is 7. The maximum Gasteiger partial charge on any atom is 0.328 e. The van der Waals surface area contributed by atoms with Gasteiger partial charge in [0.1, 0.15) is 6.04 Å². The molecule has 0 radical (unpaired) electrons. The Bertz CT molecular complexity index is 1190. The van der Waals surface area contributed by atoms with Crippen molar-refractivity contribution in [2.75, 3.05) is 6.61 Å². The number of hydrogen-bond donors (Lipinski definition) is 3. The fourth-order valence-corrected chi connectivity index (χ4v) is 3.61. The van der Waals surface area contributed by atoms with Gasteiger partial charge >= 0.3 is 5.97 Å². The number of esters is 1. The van der Waals surface area contributed by atoms with Crippen molar-refractivity contribution in [2.45, 2.75) is 59.5 Å². The second-order valence-corrected chi connectivity index (χ2v) is 8.71. The zero-order chi connectivity index (χ0) is 26.2. The van der Waals surface area contributed by atoms with Crippen LogP contribution in [0.3, 0.4) is 0 Å². The number of oxazole rings is 1. The molecule has 0 aliphatic rings. The van der Waals surface area contributed by atoms with Crippen molar-refractivity contribution >= 4 is 17.8 Å². The van der Waals surface area contributed by atoms with Crippen molar-refractivity contribution in [3.63, 3.8) is 0 Å². The summed E-state index contributed by atoms with van der Waals surface area (Å²) in [6.45, 7) is 9.63. The van der Waals surface area contributed by atoms with Crippen LogP contribution in [0.25, 0.3) is 22.7 Å². The molecular formula is C26H33N5O5. The summed E-state index contributed by atoms with van der Waals surface area (Å²) in [5.41, 5.74) is 2.14. The molecule has 2 amide bonds. The van der Waals surface area contributed by atoms with E-state index in [1.807, 2.05) is 52.0 Å². The molecule has 0 saturated heterocycles. The van der Waals surface area contributed by atoms with E-state index >= 15 is 0 Å². The Kier molecular flexibility index (Phi) is 8.99. The van der Waals surface area contributed by atoms with Gasteiger partial charge in [0.2, 0.25) is 11.7 Å². The second kappa shape index (κ2) is 12.1. The van der Waals surface area contributed by atoms with Gasteiger partial charge in [-0.05, 0) is 43.9 Å². The maximum absolute atomic E-state index is 12.7. The third kappa shape index (κ3) is 6.38. The van der Waals surface area contributed by atoms with Crippen LogP contribution >= 0.6 is 0 Å².